The van der Waals surface area contributed by atoms with Gasteiger partial charge < -0.3 is 0 Å². The molecule has 0 spiro atoms. The van der Waals surface area contributed by atoms with Crippen LogP contribution in [-0.2, 0) is 4.79 Å². The van der Waals surface area contributed by atoms with Crippen LogP contribution in [0.5, 0.6) is 0 Å². The highest BCUT2D eigenvalue weighted by Gasteiger charge is 2.28. The van der Waals surface area contributed by atoms with E-state index in [4.69, 9.17) is 23.2 Å². The lowest BCUT2D eigenvalue weighted by Gasteiger charge is -2.11. The standard InChI is InChI=1S/C12H10Cl2O/c1-7-9(3-5-12(7)15)8-2-4-10(13)11(14)6-8/h2,4,6,9H,1,3,5H2. The molecule has 1 atom stereocenters. The maximum atomic E-state index is 11.4. The van der Waals surface area contributed by atoms with Crippen LogP contribution < -0.4 is 0 Å². The van der Waals surface area contributed by atoms with Gasteiger partial charge in [0.05, 0.1) is 10.0 Å². The zero-order chi connectivity index (χ0) is 11.0. The van der Waals surface area contributed by atoms with Crippen LogP contribution in [0.1, 0.15) is 24.3 Å². The molecule has 1 fully saturated rings. The molecule has 1 aliphatic carbocycles. The molecular weight excluding hydrogens is 231 g/mol. The van der Waals surface area contributed by atoms with Gasteiger partial charge in [-0.3, -0.25) is 4.79 Å². The lowest BCUT2D eigenvalue weighted by molar-refractivity contribution is -0.114. The van der Waals surface area contributed by atoms with E-state index in [1.54, 1.807) is 6.07 Å². The maximum Gasteiger partial charge on any atom is 0.158 e. The topological polar surface area (TPSA) is 17.1 Å². The lowest BCUT2D eigenvalue weighted by atomic mass is 9.95. The van der Waals surface area contributed by atoms with Crippen molar-refractivity contribution in [3.63, 3.8) is 0 Å². The first-order valence-corrected chi connectivity index (χ1v) is 5.52. The number of allylic oxidation sites excluding steroid dienone is 1. The van der Waals surface area contributed by atoms with E-state index in [0.717, 1.165) is 12.0 Å². The average Bonchev–Trinajstić information content (AvgIpc) is 2.53. The highest BCUT2D eigenvalue weighted by Crippen LogP contribution is 2.37. The van der Waals surface area contributed by atoms with Crippen molar-refractivity contribution in [2.45, 2.75) is 18.8 Å². The molecule has 1 aromatic carbocycles. The van der Waals surface area contributed by atoms with E-state index < -0.39 is 0 Å². The number of rotatable bonds is 1. The molecule has 1 aromatic rings. The van der Waals surface area contributed by atoms with Gasteiger partial charge in [-0.1, -0.05) is 35.8 Å². The fraction of sp³-hybridized carbons (Fsp3) is 0.250. The first-order valence-electron chi connectivity index (χ1n) is 4.76. The molecule has 78 valence electrons. The van der Waals surface area contributed by atoms with Gasteiger partial charge >= 0.3 is 0 Å². The Balaban J connectivity index is 2.34. The molecule has 3 heteroatoms. The summed E-state index contributed by atoms with van der Waals surface area (Å²) < 4.78 is 0. The molecule has 1 saturated carbocycles. The third kappa shape index (κ3) is 1.95. The number of carbonyl (C=O) groups is 1. The van der Waals surface area contributed by atoms with Crippen molar-refractivity contribution < 1.29 is 4.79 Å². The van der Waals surface area contributed by atoms with Crippen molar-refractivity contribution in [1.82, 2.24) is 0 Å². The van der Waals surface area contributed by atoms with Crippen LogP contribution in [0.15, 0.2) is 30.4 Å². The molecule has 1 nitrogen and oxygen atoms in total. The predicted molar refractivity (Wildman–Crippen MR) is 62.6 cm³/mol. The Morgan fingerprint density at radius 1 is 1.27 bits per heavy atom. The van der Waals surface area contributed by atoms with Crippen molar-refractivity contribution in [1.29, 1.82) is 0 Å². The molecular formula is C12H10Cl2O. The molecule has 0 aromatic heterocycles. The minimum Gasteiger partial charge on any atom is -0.295 e. The van der Waals surface area contributed by atoms with Crippen molar-refractivity contribution in [3.05, 3.63) is 46.0 Å². The van der Waals surface area contributed by atoms with E-state index in [0.29, 0.717) is 22.0 Å². The second-order valence-corrected chi connectivity index (χ2v) is 4.53. The van der Waals surface area contributed by atoms with Crippen LogP contribution in [0.2, 0.25) is 10.0 Å². The van der Waals surface area contributed by atoms with E-state index in [1.807, 2.05) is 12.1 Å². The van der Waals surface area contributed by atoms with Crippen LogP contribution in [0.4, 0.5) is 0 Å². The summed E-state index contributed by atoms with van der Waals surface area (Å²) in [5, 5.41) is 1.07. The summed E-state index contributed by atoms with van der Waals surface area (Å²) in [5.41, 5.74) is 1.72. The molecule has 0 heterocycles. The molecule has 2 rings (SSSR count). The van der Waals surface area contributed by atoms with Gasteiger partial charge in [0.25, 0.3) is 0 Å². The Morgan fingerprint density at radius 3 is 2.53 bits per heavy atom. The second kappa shape index (κ2) is 3.99. The molecule has 1 aliphatic rings. The quantitative estimate of drug-likeness (QED) is 0.679. The Labute approximate surface area is 98.7 Å². The second-order valence-electron chi connectivity index (χ2n) is 3.71. The molecule has 0 radical (unpaired) electrons. The summed E-state index contributed by atoms with van der Waals surface area (Å²) in [4.78, 5) is 11.4. The van der Waals surface area contributed by atoms with Gasteiger partial charge in [0.1, 0.15) is 0 Å². The molecule has 0 saturated heterocycles. The summed E-state index contributed by atoms with van der Waals surface area (Å²) in [5.74, 6) is 0.276. The van der Waals surface area contributed by atoms with Crippen LogP contribution in [0.25, 0.3) is 0 Å². The number of carbonyl (C=O) groups excluding carboxylic acids is 1. The van der Waals surface area contributed by atoms with Crippen LogP contribution in [0, 0.1) is 0 Å². The third-order valence-electron chi connectivity index (χ3n) is 2.78. The number of benzene rings is 1. The first kappa shape index (κ1) is 10.7. The Morgan fingerprint density at radius 2 is 2.00 bits per heavy atom. The number of ketones is 1. The molecule has 0 N–H and O–H groups in total. The summed E-state index contributed by atoms with van der Waals surface area (Å²) in [6.45, 7) is 3.82. The summed E-state index contributed by atoms with van der Waals surface area (Å²) in [7, 11) is 0. The van der Waals surface area contributed by atoms with Gasteiger partial charge in [-0.25, -0.2) is 0 Å². The van der Waals surface area contributed by atoms with E-state index in [-0.39, 0.29) is 11.7 Å². The average molecular weight is 241 g/mol. The number of hydrogen-bond acceptors (Lipinski definition) is 1. The fourth-order valence-electron chi connectivity index (χ4n) is 1.90. The summed E-state index contributed by atoms with van der Waals surface area (Å²) in [6, 6.07) is 5.48. The lowest BCUT2D eigenvalue weighted by Crippen LogP contribution is -1.98. The van der Waals surface area contributed by atoms with Gasteiger partial charge in [-0.2, -0.15) is 0 Å². The van der Waals surface area contributed by atoms with Crippen LogP contribution in [0.3, 0.4) is 0 Å². The smallest absolute Gasteiger partial charge is 0.158 e. The van der Waals surface area contributed by atoms with Gasteiger partial charge in [0.2, 0.25) is 0 Å². The van der Waals surface area contributed by atoms with Crippen molar-refractivity contribution in [2.75, 3.05) is 0 Å². The SMILES string of the molecule is C=C1C(=O)CCC1c1ccc(Cl)c(Cl)c1. The van der Waals surface area contributed by atoms with Crippen LogP contribution in [-0.4, -0.2) is 5.78 Å². The van der Waals surface area contributed by atoms with Gasteiger partial charge in [-0.05, 0) is 29.7 Å². The summed E-state index contributed by atoms with van der Waals surface area (Å²) in [6.07, 6.45) is 1.42. The van der Waals surface area contributed by atoms with E-state index in [1.165, 1.54) is 0 Å². The highest BCUT2D eigenvalue weighted by molar-refractivity contribution is 6.42. The van der Waals surface area contributed by atoms with Crippen LogP contribution >= 0.6 is 23.2 Å². The third-order valence-corrected chi connectivity index (χ3v) is 3.52. The zero-order valence-electron chi connectivity index (χ0n) is 8.09. The van der Waals surface area contributed by atoms with E-state index in [9.17, 15) is 4.79 Å². The number of halogens is 2. The Hall–Kier alpha value is -0.790. The largest absolute Gasteiger partial charge is 0.295 e. The molecule has 0 amide bonds. The minimum absolute atomic E-state index is 0.118. The zero-order valence-corrected chi connectivity index (χ0v) is 9.61. The Kier molecular flexibility index (Phi) is 2.85. The van der Waals surface area contributed by atoms with E-state index >= 15 is 0 Å². The molecule has 15 heavy (non-hydrogen) atoms. The Bertz CT molecular complexity index is 437. The predicted octanol–water partition coefficient (Wildman–Crippen LogP) is 4.00. The van der Waals surface area contributed by atoms with Gasteiger partial charge in [0, 0.05) is 12.3 Å². The normalized spacial score (nSPS) is 21.1. The maximum absolute atomic E-state index is 11.4. The summed E-state index contributed by atoms with van der Waals surface area (Å²) >= 11 is 11.8. The number of hydrogen-bond donors (Lipinski definition) is 0. The van der Waals surface area contributed by atoms with Gasteiger partial charge in [0.15, 0.2) is 5.78 Å². The first-order chi connectivity index (χ1) is 7.09. The molecule has 0 aliphatic heterocycles. The monoisotopic (exact) mass is 240 g/mol. The minimum atomic E-state index is 0.118. The molecule has 1 unspecified atom stereocenters. The van der Waals surface area contributed by atoms with Gasteiger partial charge in [-0.15, -0.1) is 0 Å². The van der Waals surface area contributed by atoms with Crippen molar-refractivity contribution >= 4 is 29.0 Å². The highest BCUT2D eigenvalue weighted by atomic mass is 35.5. The molecule has 0 bridgehead atoms. The van der Waals surface area contributed by atoms with Crippen molar-refractivity contribution in [3.8, 4) is 0 Å². The van der Waals surface area contributed by atoms with E-state index in [2.05, 4.69) is 6.58 Å². The fourth-order valence-corrected chi connectivity index (χ4v) is 2.21. The van der Waals surface area contributed by atoms with Crippen molar-refractivity contribution in [2.24, 2.45) is 0 Å². The number of Topliss-reactive ketones (excluding diaryl/α,β-unsaturated/α-hetero) is 1.